The van der Waals surface area contributed by atoms with Crippen molar-refractivity contribution in [3.8, 4) is 17.6 Å². The van der Waals surface area contributed by atoms with Gasteiger partial charge >= 0.3 is 0 Å². The minimum atomic E-state index is -0.195. The SMILES string of the molecule is CC(=O)c1ccc(C#CCC=O)cc1O. The van der Waals surface area contributed by atoms with E-state index in [0.717, 1.165) is 0 Å². The zero-order valence-corrected chi connectivity index (χ0v) is 8.28. The lowest BCUT2D eigenvalue weighted by molar-refractivity contribution is -0.107. The molecule has 0 heterocycles. The monoisotopic (exact) mass is 202 g/mol. The number of phenols is 1. The van der Waals surface area contributed by atoms with Crippen LogP contribution >= 0.6 is 0 Å². The number of Topliss-reactive ketones (excluding diaryl/α,β-unsaturated/α-hetero) is 1. The van der Waals surface area contributed by atoms with E-state index < -0.39 is 0 Å². The lowest BCUT2D eigenvalue weighted by atomic mass is 10.1. The number of ketones is 1. The van der Waals surface area contributed by atoms with E-state index in [1.807, 2.05) is 0 Å². The van der Waals surface area contributed by atoms with Gasteiger partial charge < -0.3 is 9.90 Å². The zero-order chi connectivity index (χ0) is 11.3. The molecular weight excluding hydrogens is 192 g/mol. The summed E-state index contributed by atoms with van der Waals surface area (Å²) < 4.78 is 0. The first kappa shape index (κ1) is 11.0. The molecule has 76 valence electrons. The minimum Gasteiger partial charge on any atom is -0.507 e. The summed E-state index contributed by atoms with van der Waals surface area (Å²) in [6, 6.07) is 4.56. The Bertz CT molecular complexity index is 450. The van der Waals surface area contributed by atoms with Crippen molar-refractivity contribution >= 4 is 12.1 Å². The molecule has 1 rings (SSSR count). The van der Waals surface area contributed by atoms with E-state index >= 15 is 0 Å². The number of benzene rings is 1. The molecule has 0 aliphatic heterocycles. The highest BCUT2D eigenvalue weighted by Crippen LogP contribution is 2.18. The van der Waals surface area contributed by atoms with E-state index in [1.165, 1.54) is 19.1 Å². The number of aldehydes is 1. The summed E-state index contributed by atoms with van der Waals surface area (Å²) in [5.74, 6) is 5.04. The van der Waals surface area contributed by atoms with Crippen LogP contribution in [0.1, 0.15) is 29.3 Å². The van der Waals surface area contributed by atoms with Crippen molar-refractivity contribution < 1.29 is 14.7 Å². The highest BCUT2D eigenvalue weighted by molar-refractivity contribution is 5.96. The molecule has 0 saturated carbocycles. The van der Waals surface area contributed by atoms with Crippen molar-refractivity contribution in [1.29, 1.82) is 0 Å². The van der Waals surface area contributed by atoms with Crippen molar-refractivity contribution in [3.05, 3.63) is 29.3 Å². The van der Waals surface area contributed by atoms with Crippen molar-refractivity contribution in [3.63, 3.8) is 0 Å². The summed E-state index contributed by atoms with van der Waals surface area (Å²) in [6.07, 6.45) is 0.867. The quantitative estimate of drug-likeness (QED) is 0.449. The van der Waals surface area contributed by atoms with Crippen LogP contribution in [0.2, 0.25) is 0 Å². The molecule has 15 heavy (non-hydrogen) atoms. The molecule has 0 aromatic heterocycles. The fourth-order valence-corrected chi connectivity index (χ4v) is 1.10. The van der Waals surface area contributed by atoms with Crippen LogP contribution in [0.15, 0.2) is 18.2 Å². The van der Waals surface area contributed by atoms with Crippen LogP contribution in [0.3, 0.4) is 0 Å². The second-order valence-corrected chi connectivity index (χ2v) is 2.96. The van der Waals surface area contributed by atoms with Gasteiger partial charge in [0.1, 0.15) is 12.0 Å². The van der Waals surface area contributed by atoms with Crippen LogP contribution in [0.4, 0.5) is 0 Å². The highest BCUT2D eigenvalue weighted by atomic mass is 16.3. The largest absolute Gasteiger partial charge is 0.507 e. The molecule has 1 N–H and O–H groups in total. The van der Waals surface area contributed by atoms with Crippen molar-refractivity contribution in [2.75, 3.05) is 0 Å². The normalized spacial score (nSPS) is 8.87. The Hall–Kier alpha value is -2.08. The van der Waals surface area contributed by atoms with E-state index in [4.69, 9.17) is 0 Å². The Kier molecular flexibility index (Phi) is 3.64. The van der Waals surface area contributed by atoms with Crippen LogP contribution in [-0.4, -0.2) is 17.2 Å². The lowest BCUT2D eigenvalue weighted by Gasteiger charge is -1.99. The summed E-state index contributed by atoms with van der Waals surface area (Å²) in [5.41, 5.74) is 0.857. The Morgan fingerprint density at radius 3 is 2.80 bits per heavy atom. The van der Waals surface area contributed by atoms with E-state index in [0.29, 0.717) is 11.8 Å². The van der Waals surface area contributed by atoms with Gasteiger partial charge in [-0.15, -0.1) is 0 Å². The number of carbonyl (C=O) groups excluding carboxylic acids is 2. The minimum absolute atomic E-state index is 0.0830. The summed E-state index contributed by atoms with van der Waals surface area (Å²) in [5, 5.41) is 9.46. The lowest BCUT2D eigenvalue weighted by Crippen LogP contribution is -1.92. The Balaban J connectivity index is 2.98. The van der Waals surface area contributed by atoms with E-state index in [-0.39, 0.29) is 23.5 Å². The molecule has 0 fully saturated rings. The van der Waals surface area contributed by atoms with Crippen molar-refractivity contribution in [2.45, 2.75) is 13.3 Å². The van der Waals surface area contributed by atoms with Gasteiger partial charge in [0.2, 0.25) is 0 Å². The summed E-state index contributed by atoms with van der Waals surface area (Å²) in [7, 11) is 0. The Morgan fingerprint density at radius 1 is 1.53 bits per heavy atom. The van der Waals surface area contributed by atoms with Crippen LogP contribution in [-0.2, 0) is 4.79 Å². The molecule has 1 aromatic rings. The van der Waals surface area contributed by atoms with Crippen LogP contribution in [0.5, 0.6) is 5.75 Å². The van der Waals surface area contributed by atoms with Crippen LogP contribution in [0.25, 0.3) is 0 Å². The summed E-state index contributed by atoms with van der Waals surface area (Å²) in [4.78, 5) is 21.0. The molecule has 0 aliphatic rings. The average molecular weight is 202 g/mol. The molecule has 0 spiro atoms. The third kappa shape index (κ3) is 2.96. The predicted molar refractivity (Wildman–Crippen MR) is 55.7 cm³/mol. The fraction of sp³-hybridized carbons (Fsp3) is 0.167. The van der Waals surface area contributed by atoms with Crippen LogP contribution in [0, 0.1) is 11.8 Å². The number of hydrogen-bond acceptors (Lipinski definition) is 3. The second-order valence-electron chi connectivity index (χ2n) is 2.96. The molecule has 0 bridgehead atoms. The number of hydrogen-bond donors (Lipinski definition) is 1. The molecule has 0 atom stereocenters. The summed E-state index contributed by atoms with van der Waals surface area (Å²) in [6.45, 7) is 1.38. The first-order chi connectivity index (χ1) is 7.15. The third-order valence-electron chi connectivity index (χ3n) is 1.80. The average Bonchev–Trinajstić information content (AvgIpc) is 2.17. The van der Waals surface area contributed by atoms with E-state index in [1.54, 1.807) is 6.07 Å². The number of aromatic hydroxyl groups is 1. The molecule has 0 radical (unpaired) electrons. The standard InChI is InChI=1S/C12H10O3/c1-9(14)11-6-5-10(8-12(11)15)4-2-3-7-13/h5-8,15H,3H2,1H3. The highest BCUT2D eigenvalue weighted by Gasteiger charge is 2.05. The topological polar surface area (TPSA) is 54.4 Å². The van der Waals surface area contributed by atoms with Gasteiger partial charge in [0.05, 0.1) is 12.0 Å². The van der Waals surface area contributed by atoms with Gasteiger partial charge in [0.15, 0.2) is 5.78 Å². The van der Waals surface area contributed by atoms with Gasteiger partial charge in [-0.3, -0.25) is 4.79 Å². The van der Waals surface area contributed by atoms with E-state index in [2.05, 4.69) is 11.8 Å². The van der Waals surface area contributed by atoms with Crippen molar-refractivity contribution in [2.24, 2.45) is 0 Å². The van der Waals surface area contributed by atoms with Gasteiger partial charge in [-0.1, -0.05) is 11.8 Å². The smallest absolute Gasteiger partial charge is 0.163 e. The second kappa shape index (κ2) is 4.97. The maximum Gasteiger partial charge on any atom is 0.163 e. The molecule has 3 heteroatoms. The first-order valence-corrected chi connectivity index (χ1v) is 4.41. The number of rotatable bonds is 2. The van der Waals surface area contributed by atoms with Crippen LogP contribution < -0.4 is 0 Å². The first-order valence-electron chi connectivity index (χ1n) is 4.41. The Labute approximate surface area is 87.7 Å². The van der Waals surface area contributed by atoms with E-state index in [9.17, 15) is 14.7 Å². The zero-order valence-electron chi connectivity index (χ0n) is 8.28. The van der Waals surface area contributed by atoms with Gasteiger partial charge in [-0.2, -0.15) is 0 Å². The maximum atomic E-state index is 11.0. The molecule has 1 aromatic carbocycles. The summed E-state index contributed by atoms with van der Waals surface area (Å²) >= 11 is 0. The molecule has 0 unspecified atom stereocenters. The van der Waals surface area contributed by atoms with Gasteiger partial charge in [-0.25, -0.2) is 0 Å². The fourth-order valence-electron chi connectivity index (χ4n) is 1.10. The Morgan fingerprint density at radius 2 is 2.27 bits per heavy atom. The van der Waals surface area contributed by atoms with Crippen molar-refractivity contribution in [1.82, 2.24) is 0 Å². The van der Waals surface area contributed by atoms with Gasteiger partial charge in [0, 0.05) is 5.56 Å². The molecule has 3 nitrogen and oxygen atoms in total. The number of carbonyl (C=O) groups is 2. The number of phenolic OH excluding ortho intramolecular Hbond substituents is 1. The third-order valence-corrected chi connectivity index (χ3v) is 1.80. The molecule has 0 amide bonds. The maximum absolute atomic E-state index is 11.0. The van der Waals surface area contributed by atoms with Gasteiger partial charge in [-0.05, 0) is 25.1 Å². The van der Waals surface area contributed by atoms with Gasteiger partial charge in [0.25, 0.3) is 0 Å². The molecule has 0 aliphatic carbocycles. The molecule has 0 saturated heterocycles. The predicted octanol–water partition coefficient (Wildman–Crippen LogP) is 1.54. The molecular formula is C12H10O3.